The van der Waals surface area contributed by atoms with Gasteiger partial charge in [0.05, 0.1) is 17.7 Å². The summed E-state index contributed by atoms with van der Waals surface area (Å²) in [7, 11) is -2.65. The normalized spacial score (nSPS) is 12.7. The average Bonchev–Trinajstić information content (AvgIpc) is 2.95. The molecule has 39 heavy (non-hydrogen) atoms. The van der Waals surface area contributed by atoms with Gasteiger partial charge >= 0.3 is 0 Å². The summed E-state index contributed by atoms with van der Waals surface area (Å²) in [6.45, 7) is 5.06. The fraction of sp³-hybridized carbons (Fsp3) is 0.310. The van der Waals surface area contributed by atoms with E-state index in [0.717, 1.165) is 16.3 Å². The van der Waals surface area contributed by atoms with E-state index in [1.807, 2.05) is 13.8 Å². The summed E-state index contributed by atoms with van der Waals surface area (Å²) in [5.41, 5.74) is 1.07. The Balaban J connectivity index is 1.99. The largest absolute Gasteiger partial charge is 0.497 e. The number of nitrogens with one attached hydrogen (secondary N) is 1. The first-order valence-electron chi connectivity index (χ1n) is 12.6. The molecular formula is C29H34ClN3O5S. The Morgan fingerprint density at radius 1 is 0.949 bits per heavy atom. The minimum atomic E-state index is -4.14. The zero-order valence-corrected chi connectivity index (χ0v) is 24.1. The van der Waals surface area contributed by atoms with Gasteiger partial charge in [-0.2, -0.15) is 0 Å². The van der Waals surface area contributed by atoms with Crippen molar-refractivity contribution in [3.05, 3.63) is 89.4 Å². The van der Waals surface area contributed by atoms with E-state index in [4.69, 9.17) is 16.3 Å². The first-order chi connectivity index (χ1) is 18.6. The van der Waals surface area contributed by atoms with E-state index in [0.29, 0.717) is 16.5 Å². The summed E-state index contributed by atoms with van der Waals surface area (Å²) in [5.74, 6) is -0.347. The molecule has 208 valence electrons. The van der Waals surface area contributed by atoms with Crippen LogP contribution in [0.2, 0.25) is 5.02 Å². The number of amides is 2. The van der Waals surface area contributed by atoms with E-state index < -0.39 is 28.5 Å². The van der Waals surface area contributed by atoms with Crippen LogP contribution in [0.5, 0.6) is 5.75 Å². The van der Waals surface area contributed by atoms with Gasteiger partial charge in [0.2, 0.25) is 11.8 Å². The lowest BCUT2D eigenvalue weighted by molar-refractivity contribution is -0.139. The number of anilines is 1. The number of hydrogen-bond acceptors (Lipinski definition) is 5. The van der Waals surface area contributed by atoms with Gasteiger partial charge in [-0.1, -0.05) is 48.9 Å². The summed E-state index contributed by atoms with van der Waals surface area (Å²) in [5, 5.41) is 3.46. The number of sulfonamides is 1. The number of nitrogens with zero attached hydrogens (tertiary/aromatic N) is 2. The molecule has 0 radical (unpaired) electrons. The van der Waals surface area contributed by atoms with Crippen LogP contribution in [0, 0.1) is 0 Å². The lowest BCUT2D eigenvalue weighted by Gasteiger charge is -2.32. The number of para-hydroxylation sites is 1. The second kappa shape index (κ2) is 13.5. The van der Waals surface area contributed by atoms with E-state index in [1.165, 1.54) is 24.1 Å². The number of carbonyl (C=O) groups excluding carboxylic acids is 2. The summed E-state index contributed by atoms with van der Waals surface area (Å²) < 4.78 is 33.8. The van der Waals surface area contributed by atoms with Crippen LogP contribution in [0.25, 0.3) is 0 Å². The second-order valence-corrected chi connectivity index (χ2v) is 11.5. The first-order valence-corrected chi connectivity index (χ1v) is 14.4. The summed E-state index contributed by atoms with van der Waals surface area (Å²) in [6, 6.07) is 20.4. The van der Waals surface area contributed by atoms with Gasteiger partial charge in [-0.25, -0.2) is 8.42 Å². The number of halogens is 1. The average molecular weight is 572 g/mol. The maximum Gasteiger partial charge on any atom is 0.264 e. The molecule has 0 saturated carbocycles. The molecular weight excluding hydrogens is 538 g/mol. The van der Waals surface area contributed by atoms with Crippen LogP contribution >= 0.6 is 11.6 Å². The minimum absolute atomic E-state index is 0.00627. The third kappa shape index (κ3) is 7.74. The molecule has 2 amide bonds. The third-order valence-electron chi connectivity index (χ3n) is 6.40. The molecule has 0 aliphatic rings. The highest BCUT2D eigenvalue weighted by atomic mass is 35.5. The molecule has 10 heteroatoms. The van der Waals surface area contributed by atoms with Crippen molar-refractivity contribution in [2.75, 3.05) is 18.0 Å². The molecule has 0 aliphatic heterocycles. The molecule has 0 unspecified atom stereocenters. The van der Waals surface area contributed by atoms with E-state index in [1.54, 1.807) is 73.7 Å². The van der Waals surface area contributed by atoms with E-state index in [-0.39, 0.29) is 23.4 Å². The van der Waals surface area contributed by atoms with Crippen molar-refractivity contribution in [3.8, 4) is 5.75 Å². The standard InChI is InChI=1S/C29H34ClN3O5S/c1-5-21(2)31-29(35)22(3)32(19-23-11-13-24(30)14-12-23)28(34)20-33(25-9-7-6-8-10-25)39(36,37)27-17-15-26(38-4)16-18-27/h6-18,21-22H,5,19-20H2,1-4H3,(H,31,35)/t21-,22-/m1/s1. The molecule has 1 N–H and O–H groups in total. The molecule has 8 nitrogen and oxygen atoms in total. The number of hydrogen-bond donors (Lipinski definition) is 1. The maximum absolute atomic E-state index is 13.9. The van der Waals surface area contributed by atoms with Gasteiger partial charge in [0, 0.05) is 17.6 Å². The molecule has 0 heterocycles. The van der Waals surface area contributed by atoms with Crippen LogP contribution in [0.15, 0.2) is 83.8 Å². The van der Waals surface area contributed by atoms with Crippen molar-refractivity contribution in [3.63, 3.8) is 0 Å². The molecule has 3 aromatic carbocycles. The third-order valence-corrected chi connectivity index (χ3v) is 8.45. The molecule has 3 rings (SSSR count). The summed E-state index contributed by atoms with van der Waals surface area (Å²) in [6.07, 6.45) is 0.728. The molecule has 0 saturated heterocycles. The van der Waals surface area contributed by atoms with Crippen LogP contribution in [0.4, 0.5) is 5.69 Å². The Morgan fingerprint density at radius 2 is 1.56 bits per heavy atom. The highest BCUT2D eigenvalue weighted by Crippen LogP contribution is 2.26. The van der Waals surface area contributed by atoms with E-state index >= 15 is 0 Å². The second-order valence-electron chi connectivity index (χ2n) is 9.16. The van der Waals surface area contributed by atoms with Gasteiger partial charge < -0.3 is 15.0 Å². The van der Waals surface area contributed by atoms with Crippen LogP contribution in [0.1, 0.15) is 32.8 Å². The van der Waals surface area contributed by atoms with Crippen molar-refractivity contribution in [2.45, 2.75) is 50.7 Å². The van der Waals surface area contributed by atoms with Gasteiger partial charge in [0.15, 0.2) is 0 Å². The lowest BCUT2D eigenvalue weighted by Crippen LogP contribution is -2.52. The first kappa shape index (κ1) is 30.0. The molecule has 0 aromatic heterocycles. The lowest BCUT2D eigenvalue weighted by atomic mass is 10.1. The Bertz CT molecular complexity index is 1350. The zero-order valence-electron chi connectivity index (χ0n) is 22.5. The molecule has 0 aliphatic carbocycles. The maximum atomic E-state index is 13.9. The fourth-order valence-corrected chi connectivity index (χ4v) is 5.37. The van der Waals surface area contributed by atoms with Crippen molar-refractivity contribution in [1.82, 2.24) is 10.2 Å². The number of methoxy groups -OCH3 is 1. The summed E-state index contributed by atoms with van der Waals surface area (Å²) in [4.78, 5) is 28.3. The molecule has 0 spiro atoms. The Labute approximate surface area is 235 Å². The van der Waals surface area contributed by atoms with E-state index in [2.05, 4.69) is 5.32 Å². The van der Waals surface area contributed by atoms with Crippen LogP contribution < -0.4 is 14.4 Å². The Kier molecular flexibility index (Phi) is 10.4. The SMILES string of the molecule is CC[C@@H](C)NC(=O)[C@@H](C)N(Cc1ccc(Cl)cc1)C(=O)CN(c1ccccc1)S(=O)(=O)c1ccc(OC)cc1. The fourth-order valence-electron chi connectivity index (χ4n) is 3.83. The summed E-state index contributed by atoms with van der Waals surface area (Å²) >= 11 is 6.04. The van der Waals surface area contributed by atoms with Gasteiger partial charge in [-0.15, -0.1) is 0 Å². The van der Waals surface area contributed by atoms with Crippen molar-refractivity contribution in [1.29, 1.82) is 0 Å². The molecule has 2 atom stereocenters. The van der Waals surface area contributed by atoms with Crippen molar-refractivity contribution < 1.29 is 22.7 Å². The monoisotopic (exact) mass is 571 g/mol. The number of carbonyl (C=O) groups is 2. The van der Waals surface area contributed by atoms with Crippen LogP contribution in [-0.2, 0) is 26.2 Å². The zero-order chi connectivity index (χ0) is 28.6. The highest BCUT2D eigenvalue weighted by Gasteiger charge is 2.32. The minimum Gasteiger partial charge on any atom is -0.497 e. The Morgan fingerprint density at radius 3 is 2.13 bits per heavy atom. The highest BCUT2D eigenvalue weighted by molar-refractivity contribution is 7.92. The van der Waals surface area contributed by atoms with Crippen molar-refractivity contribution in [2.24, 2.45) is 0 Å². The van der Waals surface area contributed by atoms with Crippen LogP contribution in [-0.4, -0.2) is 50.9 Å². The number of ether oxygens (including phenoxy) is 1. The molecule has 0 bridgehead atoms. The predicted octanol–water partition coefficient (Wildman–Crippen LogP) is 4.88. The predicted molar refractivity (Wildman–Crippen MR) is 153 cm³/mol. The van der Waals surface area contributed by atoms with E-state index in [9.17, 15) is 18.0 Å². The number of benzene rings is 3. The van der Waals surface area contributed by atoms with Gasteiger partial charge in [0.25, 0.3) is 10.0 Å². The topological polar surface area (TPSA) is 96.0 Å². The quantitative estimate of drug-likeness (QED) is 0.334. The van der Waals surface area contributed by atoms with Gasteiger partial charge in [-0.05, 0) is 74.4 Å². The molecule has 0 fully saturated rings. The van der Waals surface area contributed by atoms with Gasteiger partial charge in [-0.3, -0.25) is 13.9 Å². The Hall–Kier alpha value is -3.56. The number of rotatable bonds is 12. The van der Waals surface area contributed by atoms with Gasteiger partial charge in [0.1, 0.15) is 18.3 Å². The van der Waals surface area contributed by atoms with Crippen LogP contribution in [0.3, 0.4) is 0 Å². The molecule has 3 aromatic rings. The van der Waals surface area contributed by atoms with Crippen molar-refractivity contribution >= 4 is 39.1 Å². The smallest absolute Gasteiger partial charge is 0.264 e.